The number of hydrogen-bond acceptors (Lipinski definition) is 5. The highest BCUT2D eigenvalue weighted by Crippen LogP contribution is 2.45. The second-order valence-electron chi connectivity index (χ2n) is 8.73. The third-order valence-corrected chi connectivity index (χ3v) is 6.18. The quantitative estimate of drug-likeness (QED) is 0.367. The summed E-state index contributed by atoms with van der Waals surface area (Å²) >= 11 is 0. The summed E-state index contributed by atoms with van der Waals surface area (Å²) in [5.41, 5.74) is -3.46. The third kappa shape index (κ3) is 6.31. The van der Waals surface area contributed by atoms with Crippen LogP contribution in [-0.4, -0.2) is 44.0 Å². The molecule has 214 valence electrons. The lowest BCUT2D eigenvalue weighted by Gasteiger charge is -2.42. The van der Waals surface area contributed by atoms with Crippen molar-refractivity contribution < 1.29 is 54.5 Å². The number of anilines is 1. The van der Waals surface area contributed by atoms with Crippen LogP contribution in [0.4, 0.5) is 46.0 Å². The van der Waals surface area contributed by atoms with E-state index in [0.29, 0.717) is 12.1 Å². The molecule has 2 amide bonds. The molecule has 1 aliphatic rings. The van der Waals surface area contributed by atoms with E-state index in [2.05, 4.69) is 0 Å². The molecule has 0 unspecified atom stereocenters. The van der Waals surface area contributed by atoms with Crippen LogP contribution in [0.25, 0.3) is 0 Å². The molecule has 0 saturated carbocycles. The van der Waals surface area contributed by atoms with Crippen LogP contribution in [0.2, 0.25) is 0 Å². The van der Waals surface area contributed by atoms with Gasteiger partial charge in [0, 0.05) is 24.2 Å². The largest absolute Gasteiger partial charge is 0.494 e. The summed E-state index contributed by atoms with van der Waals surface area (Å²) in [7, 11) is 2.17. The van der Waals surface area contributed by atoms with Gasteiger partial charge in [-0.15, -0.1) is 0 Å². The first kappa shape index (κ1) is 29.8. The van der Waals surface area contributed by atoms with E-state index in [0.717, 1.165) is 18.1 Å². The molecule has 0 spiro atoms. The van der Waals surface area contributed by atoms with Gasteiger partial charge in [-0.2, -0.15) is 26.3 Å². The van der Waals surface area contributed by atoms with Crippen molar-refractivity contribution in [2.75, 3.05) is 25.7 Å². The summed E-state index contributed by atoms with van der Waals surface area (Å²) in [5, 5.41) is 0. The van der Waals surface area contributed by atoms with Crippen molar-refractivity contribution >= 4 is 17.9 Å². The van der Waals surface area contributed by atoms with Gasteiger partial charge in [-0.25, -0.2) is 14.0 Å². The van der Waals surface area contributed by atoms with E-state index in [9.17, 15) is 40.3 Å². The highest BCUT2D eigenvalue weighted by molar-refractivity contribution is 5.91. The highest BCUT2D eigenvalue weighted by atomic mass is 19.4. The summed E-state index contributed by atoms with van der Waals surface area (Å²) < 4.78 is 110. The normalized spacial score (nSPS) is 17.4. The second-order valence-corrected chi connectivity index (χ2v) is 8.73. The highest BCUT2D eigenvalue weighted by Gasteiger charge is 2.41. The number of alkyl halides is 6. The van der Waals surface area contributed by atoms with Crippen molar-refractivity contribution in [3.63, 3.8) is 0 Å². The maximum absolute atomic E-state index is 14.8. The summed E-state index contributed by atoms with van der Waals surface area (Å²) in [5.74, 6) is -1.11. The monoisotopic (exact) mass is 566 g/mol. The Bertz CT molecular complexity index is 1200. The van der Waals surface area contributed by atoms with Crippen molar-refractivity contribution in [3.05, 3.63) is 58.4 Å². The fourth-order valence-corrected chi connectivity index (χ4v) is 4.48. The molecule has 0 bridgehead atoms. The average molecular weight is 566 g/mol. The Kier molecular flexibility index (Phi) is 8.56. The zero-order chi connectivity index (χ0) is 29.3. The van der Waals surface area contributed by atoms with Crippen molar-refractivity contribution in [1.29, 1.82) is 0 Å². The van der Waals surface area contributed by atoms with E-state index >= 15 is 0 Å². The smallest absolute Gasteiger partial charge is 0.416 e. The van der Waals surface area contributed by atoms with Crippen LogP contribution in [-0.2, 0) is 28.4 Å². The lowest BCUT2D eigenvalue weighted by molar-refractivity contribution is -0.143. The minimum absolute atomic E-state index is 0.0184. The first-order chi connectivity index (χ1) is 18.1. The molecule has 2 aromatic rings. The van der Waals surface area contributed by atoms with E-state index in [1.807, 2.05) is 0 Å². The first-order valence-electron chi connectivity index (χ1n) is 11.6. The number of nitrogens with zero attached hydrogens (tertiary/aromatic N) is 2. The fourth-order valence-electron chi connectivity index (χ4n) is 4.48. The Hall–Kier alpha value is -3.71. The first-order valence-corrected chi connectivity index (χ1v) is 11.6. The topological polar surface area (TPSA) is 68.3 Å². The molecule has 0 aliphatic carbocycles. The average Bonchev–Trinajstić information content (AvgIpc) is 2.85. The van der Waals surface area contributed by atoms with Gasteiger partial charge in [-0.1, -0.05) is 0 Å². The van der Waals surface area contributed by atoms with Crippen LogP contribution in [0, 0.1) is 5.82 Å². The molecule has 14 heteroatoms. The van der Waals surface area contributed by atoms with Gasteiger partial charge in [-0.3, -0.25) is 9.80 Å². The molecule has 39 heavy (non-hydrogen) atoms. The standard InChI is InChI=1S/C25H25F7N2O5/c1-5-39-23(36)34-13(2)6-19(17-10-18(26)21(37-3)11-20(17)34)33(22(35)38-4)12-14-7-15(24(27,28)29)9-16(8-14)25(30,31)32/h7-11,13,19H,5-6,12H2,1-4H3/t13-,19+/m0/s1. The Labute approximate surface area is 219 Å². The van der Waals surface area contributed by atoms with Crippen molar-refractivity contribution in [2.45, 2.75) is 51.2 Å². The predicted octanol–water partition coefficient (Wildman–Crippen LogP) is 6.94. The van der Waals surface area contributed by atoms with Crippen LogP contribution >= 0.6 is 0 Å². The number of rotatable bonds is 5. The molecular weight excluding hydrogens is 541 g/mol. The molecule has 2 atom stereocenters. The van der Waals surface area contributed by atoms with Crippen LogP contribution in [0.1, 0.15) is 48.6 Å². The fraction of sp³-hybridized carbons (Fsp3) is 0.440. The number of carbonyl (C=O) groups is 2. The molecule has 1 aliphatic heterocycles. The number of fused-ring (bicyclic) bond motifs is 1. The molecule has 0 aromatic heterocycles. The summed E-state index contributed by atoms with van der Waals surface area (Å²) in [4.78, 5) is 27.7. The van der Waals surface area contributed by atoms with Crippen molar-refractivity contribution in [1.82, 2.24) is 4.90 Å². The Morgan fingerprint density at radius 2 is 1.59 bits per heavy atom. The molecule has 0 radical (unpaired) electrons. The number of methoxy groups -OCH3 is 2. The van der Waals surface area contributed by atoms with Gasteiger partial charge in [0.2, 0.25) is 0 Å². The minimum atomic E-state index is -5.10. The Balaban J connectivity index is 2.18. The molecular formula is C25H25F7N2O5. The number of carbonyl (C=O) groups excluding carboxylic acids is 2. The zero-order valence-corrected chi connectivity index (χ0v) is 21.2. The van der Waals surface area contributed by atoms with Gasteiger partial charge in [0.15, 0.2) is 11.6 Å². The Morgan fingerprint density at radius 1 is 1.00 bits per heavy atom. The predicted molar refractivity (Wildman–Crippen MR) is 124 cm³/mol. The van der Waals surface area contributed by atoms with E-state index in [1.165, 1.54) is 18.1 Å². The summed E-state index contributed by atoms with van der Waals surface area (Å²) in [6, 6.07) is 1.35. The molecule has 3 rings (SSSR count). The lowest BCUT2D eigenvalue weighted by Crippen LogP contribution is -2.47. The van der Waals surface area contributed by atoms with Gasteiger partial charge in [0.05, 0.1) is 43.7 Å². The van der Waals surface area contributed by atoms with Crippen LogP contribution < -0.4 is 9.64 Å². The van der Waals surface area contributed by atoms with Gasteiger partial charge in [-0.05, 0) is 50.1 Å². The maximum Gasteiger partial charge on any atom is 0.416 e. The van der Waals surface area contributed by atoms with Crippen LogP contribution in [0.5, 0.6) is 5.75 Å². The molecule has 0 fully saturated rings. The summed E-state index contributed by atoms with van der Waals surface area (Å²) in [6.07, 6.45) is -12.1. The second kappa shape index (κ2) is 11.2. The lowest BCUT2D eigenvalue weighted by atomic mass is 9.90. The van der Waals surface area contributed by atoms with Crippen LogP contribution in [0.3, 0.4) is 0 Å². The van der Waals surface area contributed by atoms with E-state index in [4.69, 9.17) is 14.2 Å². The zero-order valence-electron chi connectivity index (χ0n) is 21.2. The number of hydrogen-bond donors (Lipinski definition) is 0. The number of halogens is 7. The molecule has 0 N–H and O–H groups in total. The van der Waals surface area contributed by atoms with Crippen LogP contribution in [0.15, 0.2) is 30.3 Å². The summed E-state index contributed by atoms with van der Waals surface area (Å²) in [6.45, 7) is 2.43. The third-order valence-electron chi connectivity index (χ3n) is 6.18. The van der Waals surface area contributed by atoms with Gasteiger partial charge >= 0.3 is 24.5 Å². The number of benzene rings is 2. The molecule has 7 nitrogen and oxygen atoms in total. The number of ether oxygens (including phenoxy) is 3. The van der Waals surface area contributed by atoms with E-state index in [1.54, 1.807) is 13.8 Å². The molecule has 2 aromatic carbocycles. The minimum Gasteiger partial charge on any atom is -0.494 e. The van der Waals surface area contributed by atoms with E-state index < -0.39 is 65.7 Å². The van der Waals surface area contributed by atoms with Gasteiger partial charge in [0.25, 0.3) is 0 Å². The van der Waals surface area contributed by atoms with Crippen molar-refractivity contribution in [3.8, 4) is 5.75 Å². The number of amides is 2. The Morgan fingerprint density at radius 3 is 2.08 bits per heavy atom. The maximum atomic E-state index is 14.8. The molecule has 0 saturated heterocycles. The van der Waals surface area contributed by atoms with E-state index in [-0.39, 0.29) is 36.1 Å². The van der Waals surface area contributed by atoms with Crippen molar-refractivity contribution in [2.24, 2.45) is 0 Å². The molecule has 1 heterocycles. The van der Waals surface area contributed by atoms with Gasteiger partial charge < -0.3 is 14.2 Å². The van der Waals surface area contributed by atoms with Gasteiger partial charge in [0.1, 0.15) is 0 Å². The SMILES string of the molecule is CCOC(=O)N1c2cc(OC)c(F)cc2[C@H](N(Cc2cc(C(F)(F)F)cc(C(F)(F)F)c2)C(=O)OC)C[C@@H]1C.